The van der Waals surface area contributed by atoms with Gasteiger partial charge in [0.15, 0.2) is 8.83 Å². The molecule has 0 N–H and O–H groups in total. The normalized spacial score (nSPS) is 12.0. The van der Waals surface area contributed by atoms with Crippen LogP contribution in [0, 0.1) is 0 Å². The van der Waals surface area contributed by atoms with Crippen LogP contribution < -0.4 is 0 Å². The van der Waals surface area contributed by atoms with Crippen molar-refractivity contribution in [1.82, 2.24) is 0 Å². The molecule has 0 saturated heterocycles. The molecule has 0 rings (SSSR count). The molecule has 0 aliphatic rings. The van der Waals surface area contributed by atoms with E-state index < -0.39 is 8.07 Å². The van der Waals surface area contributed by atoms with Gasteiger partial charge in [-0.15, -0.1) is 0 Å². The zero-order valence-electron chi connectivity index (χ0n) is 5.09. The topological polar surface area (TPSA) is 0 Å². The Bertz CT molecular complexity index is 48.1. The van der Waals surface area contributed by atoms with E-state index in [4.69, 9.17) is 11.1 Å². The van der Waals surface area contributed by atoms with Crippen LogP contribution in [0.4, 0.5) is 0 Å². The minimum atomic E-state index is -0.777. The van der Waals surface area contributed by atoms with Gasteiger partial charge in [0, 0.05) is 8.07 Å². The molecule has 3 heteroatoms. The third-order valence-corrected chi connectivity index (χ3v) is 6.58. The van der Waals surface area contributed by atoms with Crippen LogP contribution in [-0.2, 0) is 0 Å². The van der Waals surface area contributed by atoms with E-state index in [1.807, 2.05) is 0 Å². The second-order valence-corrected chi connectivity index (χ2v) is 10.5. The van der Waals surface area contributed by atoms with Crippen LogP contribution in [0.3, 0.4) is 0 Å². The van der Waals surface area contributed by atoms with Crippen molar-refractivity contribution in [3.8, 4) is 0 Å². The first kappa shape index (κ1) is 7.72. The maximum Gasteiger partial charge on any atom is 0.168 e. The van der Waals surface area contributed by atoms with E-state index in [2.05, 4.69) is 19.6 Å². The lowest BCUT2D eigenvalue weighted by Crippen LogP contribution is -2.20. The Labute approximate surface area is 53.8 Å². The van der Waals surface area contributed by atoms with Gasteiger partial charge < -0.3 is 0 Å². The summed E-state index contributed by atoms with van der Waals surface area (Å²) in [5, 5.41) is 0. The highest BCUT2D eigenvalue weighted by molar-refractivity contribution is 7.01. The summed E-state index contributed by atoms with van der Waals surface area (Å²) in [6, 6.07) is 0. The highest BCUT2D eigenvalue weighted by atomic mass is 35.6. The van der Waals surface area contributed by atoms with Crippen molar-refractivity contribution in [2.24, 2.45) is 0 Å². The first-order valence-corrected chi connectivity index (χ1v) is 8.32. The standard InChI is InChI=1S/C4H11ClSi2/c1-7(2,3)4-6-5/h4H2,1-3H3. The Morgan fingerprint density at radius 3 is 1.86 bits per heavy atom. The summed E-state index contributed by atoms with van der Waals surface area (Å²) < 4.78 is 0. The van der Waals surface area contributed by atoms with Gasteiger partial charge in [-0.2, -0.15) is 11.1 Å². The summed E-state index contributed by atoms with van der Waals surface area (Å²) in [5.41, 5.74) is 1.27. The Hall–Kier alpha value is 0.724. The fourth-order valence-corrected chi connectivity index (χ4v) is 5.41. The van der Waals surface area contributed by atoms with Crippen molar-refractivity contribution < 1.29 is 0 Å². The molecule has 0 aliphatic carbocycles. The van der Waals surface area contributed by atoms with Gasteiger partial charge in [0.1, 0.15) is 0 Å². The van der Waals surface area contributed by atoms with Gasteiger partial charge in [-0.05, 0) is 0 Å². The fourth-order valence-electron chi connectivity index (χ4n) is 0.200. The second-order valence-electron chi connectivity index (χ2n) is 2.87. The van der Waals surface area contributed by atoms with Crippen LogP contribution in [0.15, 0.2) is 0 Å². The summed E-state index contributed by atoms with van der Waals surface area (Å²) in [5.74, 6) is 0. The monoisotopic (exact) mass is 150 g/mol. The largest absolute Gasteiger partial charge is 0.172 e. The smallest absolute Gasteiger partial charge is 0.168 e. The van der Waals surface area contributed by atoms with E-state index in [-0.39, 0.29) is 0 Å². The van der Waals surface area contributed by atoms with Crippen molar-refractivity contribution in [2.45, 2.75) is 25.3 Å². The molecule has 0 aromatic heterocycles. The quantitative estimate of drug-likeness (QED) is 0.418. The lowest BCUT2D eigenvalue weighted by atomic mass is 11.8. The molecule has 0 atom stereocenters. The van der Waals surface area contributed by atoms with Crippen molar-refractivity contribution in [3.05, 3.63) is 0 Å². The van der Waals surface area contributed by atoms with Crippen LogP contribution in [0.25, 0.3) is 0 Å². The molecule has 0 heterocycles. The van der Waals surface area contributed by atoms with Crippen LogP contribution in [-0.4, -0.2) is 16.9 Å². The molecule has 0 bridgehead atoms. The maximum absolute atomic E-state index is 5.55. The van der Waals surface area contributed by atoms with Crippen LogP contribution in [0.2, 0.25) is 25.3 Å². The SMILES string of the molecule is C[Si](C)(C)C[Si]Cl. The first-order chi connectivity index (χ1) is 3.06. The lowest BCUT2D eigenvalue weighted by molar-refractivity contribution is 1.64. The van der Waals surface area contributed by atoms with Gasteiger partial charge in [0.2, 0.25) is 0 Å². The molecule has 0 fully saturated rings. The summed E-state index contributed by atoms with van der Waals surface area (Å²) in [6.45, 7) is 7.01. The predicted molar refractivity (Wildman–Crippen MR) is 39.8 cm³/mol. The van der Waals surface area contributed by atoms with Gasteiger partial charge in [-0.1, -0.05) is 25.3 Å². The molecular weight excluding hydrogens is 140 g/mol. The number of rotatable bonds is 2. The van der Waals surface area contributed by atoms with Crippen LogP contribution >= 0.6 is 11.1 Å². The second kappa shape index (κ2) is 2.89. The number of hydrogen-bond acceptors (Lipinski definition) is 0. The molecule has 0 nitrogen and oxygen atoms in total. The van der Waals surface area contributed by atoms with E-state index in [0.717, 1.165) is 0 Å². The third-order valence-electron chi connectivity index (χ3n) is 0.597. The molecule has 0 unspecified atom stereocenters. The van der Waals surface area contributed by atoms with Crippen molar-refractivity contribution >= 4 is 28.0 Å². The van der Waals surface area contributed by atoms with E-state index in [9.17, 15) is 0 Å². The van der Waals surface area contributed by atoms with Crippen LogP contribution in [0.5, 0.6) is 0 Å². The third kappa shape index (κ3) is 6.72. The number of halogens is 1. The van der Waals surface area contributed by atoms with E-state index in [1.54, 1.807) is 0 Å². The summed E-state index contributed by atoms with van der Waals surface area (Å²) in [4.78, 5) is 0. The molecule has 0 aromatic carbocycles. The van der Waals surface area contributed by atoms with Crippen molar-refractivity contribution in [3.63, 3.8) is 0 Å². The Morgan fingerprint density at radius 2 is 1.86 bits per heavy atom. The van der Waals surface area contributed by atoms with Gasteiger partial charge >= 0.3 is 0 Å². The Balaban J connectivity index is 3.15. The maximum atomic E-state index is 5.55. The highest BCUT2D eigenvalue weighted by Crippen LogP contribution is 2.06. The molecule has 0 amide bonds. The molecule has 7 heavy (non-hydrogen) atoms. The molecule has 2 radical (unpaired) electrons. The molecule has 0 spiro atoms. The predicted octanol–water partition coefficient (Wildman–Crippen LogP) is 2.14. The average Bonchev–Trinajstić information content (AvgIpc) is 1.30. The zero-order chi connectivity index (χ0) is 5.91. The Morgan fingerprint density at radius 1 is 1.43 bits per heavy atom. The summed E-state index contributed by atoms with van der Waals surface area (Å²) in [7, 11) is -0.134. The molecule has 0 saturated carbocycles. The minimum absolute atomic E-state index is 0.643. The minimum Gasteiger partial charge on any atom is -0.172 e. The van der Waals surface area contributed by atoms with Gasteiger partial charge in [0.05, 0.1) is 0 Å². The average molecular weight is 151 g/mol. The summed E-state index contributed by atoms with van der Waals surface area (Å²) >= 11 is 5.55. The van der Waals surface area contributed by atoms with E-state index in [0.29, 0.717) is 8.83 Å². The molecule has 0 aromatic rings. The first-order valence-electron chi connectivity index (χ1n) is 2.40. The number of hydrogen-bond donors (Lipinski definition) is 0. The van der Waals surface area contributed by atoms with E-state index in [1.165, 1.54) is 5.67 Å². The van der Waals surface area contributed by atoms with Gasteiger partial charge in [-0.3, -0.25) is 0 Å². The lowest BCUT2D eigenvalue weighted by Gasteiger charge is -2.10. The zero-order valence-corrected chi connectivity index (χ0v) is 7.84. The van der Waals surface area contributed by atoms with Crippen molar-refractivity contribution in [2.75, 3.05) is 0 Å². The highest BCUT2D eigenvalue weighted by Gasteiger charge is 2.10. The summed E-state index contributed by atoms with van der Waals surface area (Å²) in [6.07, 6.45) is 0. The molecule has 42 valence electrons. The van der Waals surface area contributed by atoms with Gasteiger partial charge in [-0.25, -0.2) is 0 Å². The Kier molecular flexibility index (Phi) is 3.19. The van der Waals surface area contributed by atoms with Crippen LogP contribution in [0.1, 0.15) is 0 Å². The molecular formula is C4H11ClSi2. The van der Waals surface area contributed by atoms with E-state index >= 15 is 0 Å². The van der Waals surface area contributed by atoms with Crippen molar-refractivity contribution in [1.29, 1.82) is 0 Å². The molecule has 0 aliphatic heterocycles. The fraction of sp³-hybridized carbons (Fsp3) is 1.00. The van der Waals surface area contributed by atoms with Gasteiger partial charge in [0.25, 0.3) is 0 Å².